The molecule has 0 aliphatic carbocycles. The zero-order chi connectivity index (χ0) is 21.8. The standard InChI is InChI=1S/C25H26FN5O/c26-23-8-4-5-9-24(23)27-25-28-31(19-32-25)22-12-10-21(11-13-22)30-16-14-29(15-17-30)18-20-6-2-1-3-7-20/h1-13H,14-19H2,(H,27,28). The third-order valence-corrected chi connectivity index (χ3v) is 5.78. The van der Waals surface area contributed by atoms with Crippen molar-refractivity contribution in [1.29, 1.82) is 0 Å². The van der Waals surface area contributed by atoms with E-state index in [0.29, 0.717) is 6.73 Å². The number of nitrogens with one attached hydrogen (secondary N) is 1. The fourth-order valence-corrected chi connectivity index (χ4v) is 4.00. The van der Waals surface area contributed by atoms with Gasteiger partial charge in [-0.05, 0) is 42.0 Å². The molecule has 0 aromatic heterocycles. The number of halogens is 1. The van der Waals surface area contributed by atoms with Gasteiger partial charge in [-0.2, -0.15) is 4.99 Å². The highest BCUT2D eigenvalue weighted by atomic mass is 19.1. The van der Waals surface area contributed by atoms with E-state index >= 15 is 0 Å². The number of anilines is 2. The SMILES string of the molecule is Fc1ccccc1N=C1NN(c2ccc(N3CCN(Cc4ccccc4)CC3)cc2)CO1. The molecule has 0 amide bonds. The molecule has 3 aromatic rings. The summed E-state index contributed by atoms with van der Waals surface area (Å²) in [5, 5.41) is 1.85. The number of ether oxygens (including phenoxy) is 1. The highest BCUT2D eigenvalue weighted by Gasteiger charge is 2.21. The quantitative estimate of drug-likeness (QED) is 0.658. The van der Waals surface area contributed by atoms with Crippen molar-refractivity contribution in [3.05, 3.63) is 90.2 Å². The van der Waals surface area contributed by atoms with Gasteiger partial charge in [0.05, 0.1) is 5.69 Å². The Morgan fingerprint density at radius 1 is 0.812 bits per heavy atom. The second kappa shape index (κ2) is 9.28. The van der Waals surface area contributed by atoms with Gasteiger partial charge in [0.25, 0.3) is 0 Å². The van der Waals surface area contributed by atoms with E-state index in [9.17, 15) is 4.39 Å². The Hall–Kier alpha value is -3.58. The maximum absolute atomic E-state index is 13.8. The van der Waals surface area contributed by atoms with Crippen molar-refractivity contribution in [2.45, 2.75) is 6.54 Å². The van der Waals surface area contributed by atoms with Crippen LogP contribution in [0.15, 0.2) is 83.9 Å². The zero-order valence-corrected chi connectivity index (χ0v) is 17.8. The number of nitrogens with zero attached hydrogens (tertiary/aromatic N) is 4. The molecule has 6 nitrogen and oxygen atoms in total. The Labute approximate surface area is 187 Å². The summed E-state index contributed by atoms with van der Waals surface area (Å²) >= 11 is 0. The number of piperazine rings is 1. The number of amidine groups is 1. The normalized spacial score (nSPS) is 18.0. The first kappa shape index (κ1) is 20.3. The van der Waals surface area contributed by atoms with E-state index in [1.54, 1.807) is 18.2 Å². The first-order valence-corrected chi connectivity index (χ1v) is 10.9. The maximum atomic E-state index is 13.8. The van der Waals surface area contributed by atoms with Crippen LogP contribution in [0.1, 0.15) is 5.56 Å². The van der Waals surface area contributed by atoms with Gasteiger partial charge in [0.2, 0.25) is 0 Å². The minimum absolute atomic E-state index is 0.249. The lowest BCUT2D eigenvalue weighted by Crippen LogP contribution is -2.46. The maximum Gasteiger partial charge on any atom is 0.311 e. The molecule has 0 atom stereocenters. The highest BCUT2D eigenvalue weighted by Crippen LogP contribution is 2.24. The van der Waals surface area contributed by atoms with E-state index in [1.807, 2.05) is 5.01 Å². The van der Waals surface area contributed by atoms with E-state index in [4.69, 9.17) is 4.74 Å². The molecular weight excluding hydrogens is 405 g/mol. The van der Waals surface area contributed by atoms with Crippen LogP contribution in [0.3, 0.4) is 0 Å². The summed E-state index contributed by atoms with van der Waals surface area (Å²) in [4.78, 5) is 9.14. The summed E-state index contributed by atoms with van der Waals surface area (Å²) in [6, 6.07) is 25.7. The third kappa shape index (κ3) is 4.68. The molecule has 164 valence electrons. The Morgan fingerprint density at radius 3 is 2.25 bits per heavy atom. The Morgan fingerprint density at radius 2 is 1.50 bits per heavy atom. The van der Waals surface area contributed by atoms with Crippen LogP contribution in [0.2, 0.25) is 0 Å². The summed E-state index contributed by atoms with van der Waals surface area (Å²) in [5.74, 6) is -0.378. The molecule has 3 aromatic carbocycles. The summed E-state index contributed by atoms with van der Waals surface area (Å²) < 4.78 is 19.4. The average molecular weight is 432 g/mol. The smallest absolute Gasteiger partial charge is 0.311 e. The highest BCUT2D eigenvalue weighted by molar-refractivity contribution is 5.81. The van der Waals surface area contributed by atoms with Gasteiger partial charge in [-0.1, -0.05) is 42.5 Å². The van der Waals surface area contributed by atoms with Crippen LogP contribution in [0.5, 0.6) is 0 Å². The molecule has 0 radical (unpaired) electrons. The van der Waals surface area contributed by atoms with Crippen molar-refractivity contribution in [3.63, 3.8) is 0 Å². The van der Waals surface area contributed by atoms with Gasteiger partial charge in [0.1, 0.15) is 11.5 Å². The summed E-state index contributed by atoms with van der Waals surface area (Å²) in [5.41, 5.74) is 6.88. The number of hydrogen-bond acceptors (Lipinski definition) is 5. The van der Waals surface area contributed by atoms with Crippen molar-refractivity contribution >= 4 is 23.1 Å². The molecule has 0 unspecified atom stereocenters. The molecule has 2 aliphatic heterocycles. The largest absolute Gasteiger partial charge is 0.441 e. The molecule has 32 heavy (non-hydrogen) atoms. The van der Waals surface area contributed by atoms with Crippen LogP contribution in [-0.2, 0) is 11.3 Å². The first-order valence-electron chi connectivity index (χ1n) is 10.9. The number of aliphatic imine (C=N–C) groups is 1. The fourth-order valence-electron chi connectivity index (χ4n) is 4.00. The summed E-state index contributed by atoms with van der Waals surface area (Å²) in [6.45, 7) is 5.44. The van der Waals surface area contributed by atoms with Crippen LogP contribution in [0.4, 0.5) is 21.5 Å². The fraction of sp³-hybridized carbons (Fsp3) is 0.240. The molecule has 5 rings (SSSR count). The number of benzene rings is 3. The third-order valence-electron chi connectivity index (χ3n) is 5.78. The number of rotatable bonds is 5. The molecule has 2 heterocycles. The van der Waals surface area contributed by atoms with Crippen molar-refractivity contribution < 1.29 is 9.13 Å². The Kier molecular flexibility index (Phi) is 5.89. The van der Waals surface area contributed by atoms with Gasteiger partial charge in [0, 0.05) is 38.4 Å². The predicted octanol–water partition coefficient (Wildman–Crippen LogP) is 4.13. The van der Waals surface area contributed by atoms with Crippen molar-refractivity contribution in [2.24, 2.45) is 4.99 Å². The first-order chi connectivity index (χ1) is 15.7. The van der Waals surface area contributed by atoms with E-state index in [0.717, 1.165) is 38.4 Å². The minimum Gasteiger partial charge on any atom is -0.441 e. The molecule has 0 saturated carbocycles. The second-order valence-electron chi connectivity index (χ2n) is 7.95. The van der Waals surface area contributed by atoms with Crippen LogP contribution in [0, 0.1) is 5.82 Å². The monoisotopic (exact) mass is 431 g/mol. The van der Waals surface area contributed by atoms with E-state index in [2.05, 4.69) is 74.8 Å². The zero-order valence-electron chi connectivity index (χ0n) is 17.8. The predicted molar refractivity (Wildman–Crippen MR) is 125 cm³/mol. The van der Waals surface area contributed by atoms with Gasteiger partial charge in [0.15, 0.2) is 6.73 Å². The molecule has 2 aliphatic rings. The minimum atomic E-state index is -0.378. The molecule has 0 spiro atoms. The van der Waals surface area contributed by atoms with Crippen molar-refractivity contribution in [3.8, 4) is 0 Å². The molecular formula is C25H26FN5O. The Balaban J connectivity index is 1.16. The lowest BCUT2D eigenvalue weighted by molar-refractivity contribution is 0.250. The second-order valence-corrected chi connectivity index (χ2v) is 7.95. The van der Waals surface area contributed by atoms with Gasteiger partial charge in [-0.15, -0.1) is 0 Å². The van der Waals surface area contributed by atoms with Crippen LogP contribution in [0.25, 0.3) is 0 Å². The number of hydrazine groups is 1. The Bertz CT molecular complexity index is 1070. The molecule has 1 N–H and O–H groups in total. The lowest BCUT2D eigenvalue weighted by atomic mass is 10.2. The lowest BCUT2D eigenvalue weighted by Gasteiger charge is -2.36. The van der Waals surface area contributed by atoms with Gasteiger partial charge in [-0.3, -0.25) is 4.90 Å². The molecule has 2 saturated heterocycles. The van der Waals surface area contributed by atoms with Crippen LogP contribution < -0.4 is 15.3 Å². The van der Waals surface area contributed by atoms with Crippen molar-refractivity contribution in [2.75, 3.05) is 42.8 Å². The number of para-hydroxylation sites is 1. The van der Waals surface area contributed by atoms with E-state index in [1.165, 1.54) is 17.3 Å². The number of hydrogen-bond donors (Lipinski definition) is 1. The van der Waals surface area contributed by atoms with Crippen molar-refractivity contribution in [1.82, 2.24) is 10.3 Å². The summed E-state index contributed by atoms with van der Waals surface area (Å²) in [7, 11) is 0. The van der Waals surface area contributed by atoms with Crippen LogP contribution in [-0.4, -0.2) is 43.8 Å². The topological polar surface area (TPSA) is 43.3 Å². The van der Waals surface area contributed by atoms with Crippen LogP contribution >= 0.6 is 0 Å². The van der Waals surface area contributed by atoms with Gasteiger partial charge < -0.3 is 9.64 Å². The molecule has 2 fully saturated rings. The molecule has 0 bridgehead atoms. The summed E-state index contributed by atoms with van der Waals surface area (Å²) in [6.07, 6.45) is 0. The van der Waals surface area contributed by atoms with E-state index < -0.39 is 0 Å². The van der Waals surface area contributed by atoms with E-state index in [-0.39, 0.29) is 17.5 Å². The van der Waals surface area contributed by atoms with Gasteiger partial charge >= 0.3 is 6.02 Å². The average Bonchev–Trinajstić information content (AvgIpc) is 3.31. The molecule has 7 heteroatoms. The van der Waals surface area contributed by atoms with Gasteiger partial charge in [-0.25, -0.2) is 14.8 Å².